The van der Waals surface area contributed by atoms with Crippen molar-refractivity contribution < 1.29 is 4.74 Å². The molecule has 0 aliphatic carbocycles. The van der Waals surface area contributed by atoms with Crippen molar-refractivity contribution in [3.05, 3.63) is 52.8 Å². The van der Waals surface area contributed by atoms with Crippen LogP contribution < -0.4 is 10.1 Å². The summed E-state index contributed by atoms with van der Waals surface area (Å²) in [7, 11) is 1.67. The third-order valence-electron chi connectivity index (χ3n) is 3.44. The van der Waals surface area contributed by atoms with E-state index in [-0.39, 0.29) is 0 Å². The predicted octanol–water partition coefficient (Wildman–Crippen LogP) is 5.83. The van der Waals surface area contributed by atoms with E-state index in [2.05, 4.69) is 47.1 Å². The van der Waals surface area contributed by atoms with Gasteiger partial charge in [0, 0.05) is 17.5 Å². The molecule has 0 saturated heterocycles. The molecule has 0 radical (unpaired) electrons. The highest BCUT2D eigenvalue weighted by Gasteiger charge is 2.04. The minimum Gasteiger partial charge on any atom is -0.497 e. The van der Waals surface area contributed by atoms with Crippen LogP contribution in [0.3, 0.4) is 0 Å². The summed E-state index contributed by atoms with van der Waals surface area (Å²) in [6.07, 6.45) is 10.9. The Hall–Kier alpha value is -1.72. The number of rotatable bonds is 9. The van der Waals surface area contributed by atoms with Crippen LogP contribution in [0.1, 0.15) is 19.8 Å². The van der Waals surface area contributed by atoms with Crippen LogP contribution in [-0.4, -0.2) is 24.9 Å². The Morgan fingerprint density at radius 1 is 1.29 bits per heavy atom. The maximum atomic E-state index is 5.18. The van der Waals surface area contributed by atoms with Crippen LogP contribution in [-0.2, 0) is 0 Å². The first-order chi connectivity index (χ1) is 11.8. The predicted molar refractivity (Wildman–Crippen MR) is 108 cm³/mol. The third-order valence-corrected chi connectivity index (χ3v) is 5.10. The quantitative estimate of drug-likeness (QED) is 0.570. The second-order valence-electron chi connectivity index (χ2n) is 5.11. The zero-order valence-electron chi connectivity index (χ0n) is 14.4. The summed E-state index contributed by atoms with van der Waals surface area (Å²) in [5.41, 5.74) is 2.09. The number of thioether (sulfide) groups is 1. The monoisotopic (exact) mass is 360 g/mol. The van der Waals surface area contributed by atoms with Crippen LogP contribution in [0.5, 0.6) is 5.75 Å². The fraction of sp³-hybridized carbons (Fsp3) is 0.316. The molecule has 1 N–H and O–H groups in total. The van der Waals surface area contributed by atoms with Crippen LogP contribution in [0.15, 0.2) is 52.8 Å². The van der Waals surface area contributed by atoms with E-state index in [1.54, 1.807) is 18.4 Å². The molecule has 5 heteroatoms. The number of ether oxygens (including phenoxy) is 1. The lowest BCUT2D eigenvalue weighted by Crippen LogP contribution is -1.97. The fourth-order valence-electron chi connectivity index (χ4n) is 2.16. The fourth-order valence-corrected chi connectivity index (χ4v) is 3.48. The van der Waals surface area contributed by atoms with Crippen LogP contribution in [0.4, 0.5) is 5.13 Å². The summed E-state index contributed by atoms with van der Waals surface area (Å²) in [6, 6.07) is 7.97. The van der Waals surface area contributed by atoms with Crippen LogP contribution in [0.25, 0.3) is 11.3 Å². The SMILES string of the molecule is CC/C=C(\C/C=C\CNc1nc(-c2ccc(OC)cc2)cs1)SC. The van der Waals surface area contributed by atoms with Gasteiger partial charge in [-0.25, -0.2) is 4.98 Å². The molecule has 1 heterocycles. The first kappa shape index (κ1) is 18.6. The first-order valence-corrected chi connectivity index (χ1v) is 10.1. The molecular formula is C19H24N2OS2. The van der Waals surface area contributed by atoms with E-state index in [1.165, 1.54) is 4.91 Å². The molecule has 0 amide bonds. The van der Waals surface area contributed by atoms with Gasteiger partial charge in [0.1, 0.15) is 5.75 Å². The van der Waals surface area contributed by atoms with Crippen molar-refractivity contribution in [2.24, 2.45) is 0 Å². The zero-order chi connectivity index (χ0) is 17.2. The number of benzene rings is 1. The van der Waals surface area contributed by atoms with Crippen LogP contribution >= 0.6 is 23.1 Å². The molecular weight excluding hydrogens is 336 g/mol. The number of anilines is 1. The highest BCUT2D eigenvalue weighted by atomic mass is 32.2. The number of methoxy groups -OCH3 is 1. The van der Waals surface area contributed by atoms with E-state index in [4.69, 9.17) is 4.74 Å². The van der Waals surface area contributed by atoms with E-state index in [0.717, 1.165) is 41.5 Å². The molecule has 0 spiro atoms. The average Bonchev–Trinajstić information content (AvgIpc) is 3.09. The molecule has 2 aromatic rings. The maximum absolute atomic E-state index is 5.18. The summed E-state index contributed by atoms with van der Waals surface area (Å²) in [5, 5.41) is 6.37. The Labute approximate surface area is 152 Å². The van der Waals surface area contributed by atoms with Crippen LogP contribution in [0, 0.1) is 0 Å². The number of thiazole rings is 1. The van der Waals surface area contributed by atoms with Crippen molar-refractivity contribution in [3.8, 4) is 17.0 Å². The Balaban J connectivity index is 1.84. The van der Waals surface area contributed by atoms with Gasteiger partial charge in [-0.3, -0.25) is 0 Å². The molecule has 0 bridgehead atoms. The largest absolute Gasteiger partial charge is 0.497 e. The third kappa shape index (κ3) is 5.73. The van der Waals surface area contributed by atoms with Gasteiger partial charge in [-0.15, -0.1) is 23.1 Å². The van der Waals surface area contributed by atoms with E-state index in [0.29, 0.717) is 0 Å². The smallest absolute Gasteiger partial charge is 0.183 e. The average molecular weight is 361 g/mol. The summed E-state index contributed by atoms with van der Waals surface area (Å²) < 4.78 is 5.18. The lowest BCUT2D eigenvalue weighted by atomic mass is 10.2. The molecule has 1 aromatic heterocycles. The molecule has 24 heavy (non-hydrogen) atoms. The van der Waals surface area contributed by atoms with Gasteiger partial charge in [0.2, 0.25) is 0 Å². The molecule has 0 saturated carbocycles. The van der Waals surface area contributed by atoms with Gasteiger partial charge in [-0.2, -0.15) is 0 Å². The molecule has 0 fully saturated rings. The standard InChI is InChI=1S/C19H24N2OS2/c1-4-7-17(23-3)8-5-6-13-20-19-21-18(14-24-19)15-9-11-16(22-2)12-10-15/h5-7,9-12,14H,4,8,13H2,1-3H3,(H,20,21)/b6-5-,17-7+. The van der Waals surface area contributed by atoms with Crippen molar-refractivity contribution in [1.29, 1.82) is 0 Å². The number of hydrogen-bond donors (Lipinski definition) is 1. The number of allylic oxidation sites excluding steroid dienone is 3. The molecule has 0 aliphatic heterocycles. The minimum atomic E-state index is 0.795. The number of nitrogens with one attached hydrogen (secondary N) is 1. The molecule has 0 atom stereocenters. The van der Waals surface area contributed by atoms with Crippen molar-refractivity contribution in [2.45, 2.75) is 19.8 Å². The summed E-state index contributed by atoms with van der Waals surface area (Å²) in [4.78, 5) is 6.05. The summed E-state index contributed by atoms with van der Waals surface area (Å²) >= 11 is 3.45. The Morgan fingerprint density at radius 2 is 2.08 bits per heavy atom. The Bertz CT molecular complexity index is 675. The van der Waals surface area contributed by atoms with Crippen molar-refractivity contribution in [1.82, 2.24) is 4.98 Å². The molecule has 3 nitrogen and oxygen atoms in total. The molecule has 0 aliphatic rings. The number of hydrogen-bond acceptors (Lipinski definition) is 5. The van der Waals surface area contributed by atoms with Gasteiger partial charge in [0.05, 0.1) is 12.8 Å². The zero-order valence-corrected chi connectivity index (χ0v) is 16.0. The maximum Gasteiger partial charge on any atom is 0.183 e. The second kappa shape index (κ2) is 10.2. The van der Waals surface area contributed by atoms with Gasteiger partial charge in [-0.05, 0) is 48.3 Å². The van der Waals surface area contributed by atoms with E-state index >= 15 is 0 Å². The highest BCUT2D eigenvalue weighted by Crippen LogP contribution is 2.26. The topological polar surface area (TPSA) is 34.2 Å². The first-order valence-electron chi connectivity index (χ1n) is 7.98. The lowest BCUT2D eigenvalue weighted by Gasteiger charge is -2.01. The molecule has 0 unspecified atom stereocenters. The molecule has 1 aromatic carbocycles. The summed E-state index contributed by atoms with van der Waals surface area (Å²) in [6.45, 7) is 2.97. The lowest BCUT2D eigenvalue weighted by molar-refractivity contribution is 0.415. The molecule has 2 rings (SSSR count). The second-order valence-corrected chi connectivity index (χ2v) is 6.90. The summed E-state index contributed by atoms with van der Waals surface area (Å²) in [5.74, 6) is 0.860. The molecule has 128 valence electrons. The highest BCUT2D eigenvalue weighted by molar-refractivity contribution is 8.02. The van der Waals surface area contributed by atoms with Gasteiger partial charge < -0.3 is 10.1 Å². The van der Waals surface area contributed by atoms with Gasteiger partial charge in [0.15, 0.2) is 5.13 Å². The minimum absolute atomic E-state index is 0.795. The Morgan fingerprint density at radius 3 is 2.75 bits per heavy atom. The van der Waals surface area contributed by atoms with E-state index in [1.807, 2.05) is 36.0 Å². The Kier molecular flexibility index (Phi) is 7.92. The van der Waals surface area contributed by atoms with Gasteiger partial charge in [0.25, 0.3) is 0 Å². The van der Waals surface area contributed by atoms with Gasteiger partial charge >= 0.3 is 0 Å². The van der Waals surface area contributed by atoms with Crippen molar-refractivity contribution in [3.63, 3.8) is 0 Å². The van der Waals surface area contributed by atoms with Gasteiger partial charge in [-0.1, -0.05) is 25.2 Å². The van der Waals surface area contributed by atoms with Crippen molar-refractivity contribution >= 4 is 28.2 Å². The van der Waals surface area contributed by atoms with Crippen molar-refractivity contribution in [2.75, 3.05) is 25.2 Å². The van der Waals surface area contributed by atoms with E-state index < -0.39 is 0 Å². The number of aromatic nitrogens is 1. The van der Waals surface area contributed by atoms with Crippen LogP contribution in [0.2, 0.25) is 0 Å². The number of nitrogens with zero attached hydrogens (tertiary/aromatic N) is 1. The van der Waals surface area contributed by atoms with E-state index in [9.17, 15) is 0 Å². The normalized spacial score (nSPS) is 11.9.